The molecule has 1 atom stereocenters. The van der Waals surface area contributed by atoms with Crippen molar-refractivity contribution < 1.29 is 9.53 Å². The third-order valence-electron chi connectivity index (χ3n) is 4.56. The average molecular weight is 332 g/mol. The molecule has 1 fully saturated rings. The number of carbonyl (C=O) groups excluding carboxylic acids is 1. The van der Waals surface area contributed by atoms with Crippen LogP contribution in [0.5, 0.6) is 0 Å². The summed E-state index contributed by atoms with van der Waals surface area (Å²) in [7, 11) is 1.96. The van der Waals surface area contributed by atoms with Crippen molar-refractivity contribution >= 4 is 17.2 Å². The average Bonchev–Trinajstić information content (AvgIpc) is 3.07. The number of hydrogen-bond donors (Lipinski definition) is 0. The Morgan fingerprint density at radius 1 is 1.43 bits per heavy atom. The Bertz CT molecular complexity index is 693. The van der Waals surface area contributed by atoms with Crippen LogP contribution in [0.2, 0.25) is 0 Å². The highest BCUT2D eigenvalue weighted by Gasteiger charge is 2.32. The van der Waals surface area contributed by atoms with Crippen molar-refractivity contribution in [2.75, 3.05) is 19.8 Å². The Kier molecular flexibility index (Phi) is 3.90. The van der Waals surface area contributed by atoms with Gasteiger partial charge in [0.05, 0.1) is 24.0 Å². The molecule has 7 heteroatoms. The Hall–Kier alpha value is -1.73. The molecule has 1 saturated carbocycles. The molecule has 0 aromatic carbocycles. The lowest BCUT2D eigenvalue weighted by Gasteiger charge is -2.32. The van der Waals surface area contributed by atoms with E-state index in [-0.39, 0.29) is 11.8 Å². The molecule has 4 rings (SSSR count). The molecule has 0 bridgehead atoms. The number of fused-ring (bicyclic) bond motifs is 1. The van der Waals surface area contributed by atoms with E-state index in [1.165, 1.54) is 29.9 Å². The van der Waals surface area contributed by atoms with Crippen LogP contribution >= 0.6 is 11.3 Å². The molecule has 0 spiro atoms. The molecule has 23 heavy (non-hydrogen) atoms. The summed E-state index contributed by atoms with van der Waals surface area (Å²) in [5.41, 5.74) is 4.54. The molecule has 0 unspecified atom stereocenters. The Morgan fingerprint density at radius 2 is 2.30 bits per heavy atom. The summed E-state index contributed by atoms with van der Waals surface area (Å²) in [6.07, 6.45) is 4.44. The van der Waals surface area contributed by atoms with E-state index in [0.717, 1.165) is 18.1 Å². The third kappa shape index (κ3) is 3.03. The summed E-state index contributed by atoms with van der Waals surface area (Å²) >= 11 is 1.45. The van der Waals surface area contributed by atoms with Gasteiger partial charge in [-0.2, -0.15) is 5.10 Å². The minimum absolute atomic E-state index is 0.00653. The maximum atomic E-state index is 12.6. The molecule has 0 N–H and O–H groups in total. The van der Waals surface area contributed by atoms with Crippen molar-refractivity contribution in [2.45, 2.75) is 25.3 Å². The zero-order valence-corrected chi connectivity index (χ0v) is 14.0. The van der Waals surface area contributed by atoms with Crippen LogP contribution in [-0.2, 0) is 18.3 Å². The van der Waals surface area contributed by atoms with Crippen LogP contribution in [0.15, 0.2) is 17.1 Å². The van der Waals surface area contributed by atoms with Crippen molar-refractivity contribution in [3.05, 3.63) is 34.0 Å². The van der Waals surface area contributed by atoms with Gasteiger partial charge in [-0.15, -0.1) is 11.3 Å². The summed E-state index contributed by atoms with van der Waals surface area (Å²) in [5, 5.41) is 6.18. The van der Waals surface area contributed by atoms with Gasteiger partial charge >= 0.3 is 0 Å². The second-order valence-corrected chi connectivity index (χ2v) is 7.13. The second-order valence-electron chi connectivity index (χ2n) is 6.42. The summed E-state index contributed by atoms with van der Waals surface area (Å²) in [4.78, 5) is 18.6. The first-order valence-electron chi connectivity index (χ1n) is 7.98. The molecular weight excluding hydrogens is 312 g/mol. The van der Waals surface area contributed by atoms with E-state index in [9.17, 15) is 4.79 Å². The zero-order chi connectivity index (χ0) is 15.8. The number of aromatic nitrogens is 3. The molecule has 122 valence electrons. The van der Waals surface area contributed by atoms with E-state index in [0.29, 0.717) is 25.4 Å². The van der Waals surface area contributed by atoms with Crippen LogP contribution in [-0.4, -0.2) is 45.3 Å². The van der Waals surface area contributed by atoms with Gasteiger partial charge in [0.2, 0.25) is 0 Å². The smallest absolute Gasteiger partial charge is 0.273 e. The Balaban J connectivity index is 1.51. The highest BCUT2D eigenvalue weighted by Crippen LogP contribution is 2.32. The molecular formula is C16H20N4O2S. The Morgan fingerprint density at radius 3 is 3.04 bits per heavy atom. The summed E-state index contributed by atoms with van der Waals surface area (Å²) in [6.45, 7) is 2.74. The number of amides is 1. The highest BCUT2D eigenvalue weighted by atomic mass is 32.1. The van der Waals surface area contributed by atoms with Crippen LogP contribution in [0.1, 0.15) is 40.5 Å². The Labute approximate surface area is 139 Å². The van der Waals surface area contributed by atoms with E-state index in [1.807, 2.05) is 22.8 Å². The topological polar surface area (TPSA) is 60.2 Å². The fraction of sp³-hybridized carbons (Fsp3) is 0.562. The van der Waals surface area contributed by atoms with Crippen LogP contribution in [0, 0.1) is 5.92 Å². The van der Waals surface area contributed by atoms with E-state index < -0.39 is 0 Å². The molecule has 0 radical (unpaired) electrons. The number of ether oxygens (including phenoxy) is 1. The fourth-order valence-electron chi connectivity index (χ4n) is 3.19. The van der Waals surface area contributed by atoms with Gasteiger partial charge in [0.15, 0.2) is 0 Å². The summed E-state index contributed by atoms with van der Waals surface area (Å²) in [6, 6.07) is 0. The van der Waals surface area contributed by atoms with Crippen LogP contribution in [0.4, 0.5) is 0 Å². The molecule has 6 nitrogen and oxygen atoms in total. The normalized spacial score (nSPS) is 20.6. The van der Waals surface area contributed by atoms with Gasteiger partial charge < -0.3 is 9.64 Å². The molecule has 3 heterocycles. The minimum Gasteiger partial charge on any atom is -0.380 e. The molecule has 1 aliphatic heterocycles. The number of hydrogen-bond acceptors (Lipinski definition) is 5. The van der Waals surface area contributed by atoms with Gasteiger partial charge in [-0.05, 0) is 18.8 Å². The molecule has 2 aliphatic rings. The standard InChI is InChI=1S/C16H20N4O2S/c1-19-15-12(4-18-19)5-20(16(21)14-9-23-10-17-14)6-13(15)8-22-7-11-2-3-11/h4,9-11,13H,2-3,5-8H2,1H3/t13-/m0/s1. The predicted octanol–water partition coefficient (Wildman–Crippen LogP) is 2.04. The number of carbonyl (C=O) groups is 1. The van der Waals surface area contributed by atoms with E-state index in [2.05, 4.69) is 10.1 Å². The number of aryl methyl sites for hydroxylation is 1. The predicted molar refractivity (Wildman–Crippen MR) is 86.3 cm³/mol. The number of rotatable bonds is 5. The van der Waals surface area contributed by atoms with Crippen molar-refractivity contribution in [3.63, 3.8) is 0 Å². The third-order valence-corrected chi connectivity index (χ3v) is 5.15. The quantitative estimate of drug-likeness (QED) is 0.841. The molecule has 2 aromatic heterocycles. The molecule has 1 amide bonds. The first-order chi connectivity index (χ1) is 11.2. The van der Waals surface area contributed by atoms with Gasteiger partial charge in [0.1, 0.15) is 5.69 Å². The first kappa shape index (κ1) is 14.8. The largest absolute Gasteiger partial charge is 0.380 e. The SMILES string of the molecule is Cn1ncc2c1[C@H](COCC1CC1)CN(C(=O)c1cscn1)C2. The van der Waals surface area contributed by atoms with Gasteiger partial charge in [-0.3, -0.25) is 9.48 Å². The monoisotopic (exact) mass is 332 g/mol. The van der Waals surface area contributed by atoms with E-state index in [4.69, 9.17) is 4.74 Å². The lowest BCUT2D eigenvalue weighted by Crippen LogP contribution is -2.40. The van der Waals surface area contributed by atoms with Gasteiger partial charge in [0, 0.05) is 43.6 Å². The molecule has 0 saturated heterocycles. The van der Waals surface area contributed by atoms with Crippen LogP contribution in [0.25, 0.3) is 0 Å². The fourth-order valence-corrected chi connectivity index (χ4v) is 3.72. The van der Waals surface area contributed by atoms with Gasteiger partial charge in [0.25, 0.3) is 5.91 Å². The van der Waals surface area contributed by atoms with Crippen LogP contribution in [0.3, 0.4) is 0 Å². The zero-order valence-electron chi connectivity index (χ0n) is 13.1. The molecule has 1 aliphatic carbocycles. The highest BCUT2D eigenvalue weighted by molar-refractivity contribution is 7.07. The van der Waals surface area contributed by atoms with E-state index in [1.54, 1.807) is 10.9 Å². The lowest BCUT2D eigenvalue weighted by molar-refractivity contribution is 0.0617. The minimum atomic E-state index is -0.00653. The maximum absolute atomic E-state index is 12.6. The van der Waals surface area contributed by atoms with Crippen LogP contribution < -0.4 is 0 Å². The van der Waals surface area contributed by atoms with Crippen molar-refractivity contribution in [1.82, 2.24) is 19.7 Å². The maximum Gasteiger partial charge on any atom is 0.273 e. The number of thiazole rings is 1. The van der Waals surface area contributed by atoms with Gasteiger partial charge in [-0.25, -0.2) is 4.98 Å². The molecule has 2 aromatic rings. The van der Waals surface area contributed by atoms with E-state index >= 15 is 0 Å². The van der Waals surface area contributed by atoms with Crippen molar-refractivity contribution in [1.29, 1.82) is 0 Å². The first-order valence-corrected chi connectivity index (χ1v) is 8.92. The van der Waals surface area contributed by atoms with Crippen molar-refractivity contribution in [3.8, 4) is 0 Å². The summed E-state index contributed by atoms with van der Waals surface area (Å²) in [5.74, 6) is 0.915. The van der Waals surface area contributed by atoms with Crippen molar-refractivity contribution in [2.24, 2.45) is 13.0 Å². The number of nitrogens with zero attached hydrogens (tertiary/aromatic N) is 4. The van der Waals surface area contributed by atoms with Gasteiger partial charge in [-0.1, -0.05) is 0 Å². The summed E-state index contributed by atoms with van der Waals surface area (Å²) < 4.78 is 7.83. The lowest BCUT2D eigenvalue weighted by atomic mass is 9.96. The second kappa shape index (κ2) is 6.05.